The molecule has 2 atom stereocenters. The Labute approximate surface area is 246 Å². The lowest BCUT2D eigenvalue weighted by Gasteiger charge is -2.34. The fourth-order valence-corrected chi connectivity index (χ4v) is 6.23. The van der Waals surface area contributed by atoms with E-state index < -0.39 is 28.1 Å². The van der Waals surface area contributed by atoms with E-state index in [9.17, 15) is 23.1 Å². The number of anilines is 1. The highest BCUT2D eigenvalue weighted by Gasteiger charge is 2.37. The Bertz CT molecular complexity index is 1260. The first kappa shape index (κ1) is 31.1. The number of nitrogens with zero attached hydrogens (tertiary/aromatic N) is 1. The van der Waals surface area contributed by atoms with E-state index in [1.54, 1.807) is 24.3 Å². The highest BCUT2D eigenvalue weighted by molar-refractivity contribution is 7.92. The Morgan fingerprint density at radius 2 is 1.56 bits per heavy atom. The zero-order chi connectivity index (χ0) is 29.4. The van der Waals surface area contributed by atoms with E-state index in [1.807, 2.05) is 24.3 Å². The zero-order valence-electron chi connectivity index (χ0n) is 23.1. The van der Waals surface area contributed by atoms with Gasteiger partial charge < -0.3 is 19.4 Å². The van der Waals surface area contributed by atoms with Crippen LogP contribution in [0.15, 0.2) is 48.5 Å². The number of hydrogen-bond donors (Lipinski definition) is 3. The lowest BCUT2D eigenvalue weighted by Crippen LogP contribution is -2.54. The molecule has 4 rings (SSSR count). The molecule has 0 unspecified atom stereocenters. The molecule has 224 valence electrons. The topological polar surface area (TPSA) is 134 Å². The van der Waals surface area contributed by atoms with Crippen LogP contribution < -0.4 is 14.8 Å². The average molecular weight is 608 g/mol. The van der Waals surface area contributed by atoms with Crippen LogP contribution in [0.1, 0.15) is 50.5 Å². The maximum Gasteiger partial charge on any atom is 0.349 e. The van der Waals surface area contributed by atoms with Crippen LogP contribution in [0.5, 0.6) is 11.5 Å². The standard InChI is InChI=1S/C29H38ClN3O7S/c1-41(37,38)32-23-9-13-25(14-10-23)39-24-11-7-20(8-12-24)19-33-17-15-22(16-18-33)28(35)31-26(29(36)40-30)27(34)21-5-3-2-4-6-21/h7-14,21-22,26-27,32,34H,2-6,15-19H2,1H3,(H,31,35)/t26-,27-/m1/s1. The van der Waals surface area contributed by atoms with Crippen LogP contribution in [0, 0.1) is 11.8 Å². The molecule has 0 spiro atoms. The van der Waals surface area contributed by atoms with Crippen molar-refractivity contribution in [2.45, 2.75) is 63.6 Å². The number of halogens is 1. The molecule has 2 aromatic carbocycles. The van der Waals surface area contributed by atoms with Crippen molar-refractivity contribution in [1.82, 2.24) is 10.2 Å². The minimum Gasteiger partial charge on any atom is -0.457 e. The van der Waals surface area contributed by atoms with Crippen molar-refractivity contribution < 1.29 is 32.1 Å². The van der Waals surface area contributed by atoms with Gasteiger partial charge in [-0.3, -0.25) is 14.4 Å². The van der Waals surface area contributed by atoms with Crippen molar-refractivity contribution in [3.8, 4) is 11.5 Å². The van der Waals surface area contributed by atoms with Gasteiger partial charge >= 0.3 is 5.97 Å². The van der Waals surface area contributed by atoms with E-state index in [0.717, 1.165) is 63.6 Å². The SMILES string of the molecule is CS(=O)(=O)Nc1ccc(Oc2ccc(CN3CCC(C(=O)N[C@@H](C(=O)OCl)[C@H](O)C4CCCCC4)CC3)cc2)cc1. The molecule has 0 aromatic heterocycles. The minimum absolute atomic E-state index is 0.0618. The summed E-state index contributed by atoms with van der Waals surface area (Å²) in [5.74, 6) is -0.158. The first-order valence-corrected chi connectivity index (χ1v) is 16.2. The van der Waals surface area contributed by atoms with Gasteiger partial charge in [0.25, 0.3) is 0 Å². The summed E-state index contributed by atoms with van der Waals surface area (Å²) in [5, 5.41) is 13.6. The Kier molecular flexibility index (Phi) is 10.9. The Morgan fingerprint density at radius 1 is 0.976 bits per heavy atom. The van der Waals surface area contributed by atoms with Crippen molar-refractivity contribution in [3.63, 3.8) is 0 Å². The molecule has 1 saturated carbocycles. The second-order valence-corrected chi connectivity index (χ2v) is 12.9. The van der Waals surface area contributed by atoms with Gasteiger partial charge in [-0.25, -0.2) is 13.2 Å². The number of benzene rings is 2. The third-order valence-electron chi connectivity index (χ3n) is 7.78. The third-order valence-corrected chi connectivity index (χ3v) is 8.54. The predicted octanol–water partition coefficient (Wildman–Crippen LogP) is 4.19. The molecule has 41 heavy (non-hydrogen) atoms. The lowest BCUT2D eigenvalue weighted by molar-refractivity contribution is -0.145. The number of carbonyl (C=O) groups excluding carboxylic acids is 2. The zero-order valence-corrected chi connectivity index (χ0v) is 24.7. The van der Waals surface area contributed by atoms with E-state index in [0.29, 0.717) is 30.0 Å². The highest BCUT2D eigenvalue weighted by Crippen LogP contribution is 2.29. The normalized spacial score (nSPS) is 18.7. The Balaban J connectivity index is 1.24. The van der Waals surface area contributed by atoms with Gasteiger partial charge in [0.05, 0.1) is 12.4 Å². The summed E-state index contributed by atoms with van der Waals surface area (Å²) in [7, 11) is -3.33. The molecule has 0 bridgehead atoms. The number of ether oxygens (including phenoxy) is 1. The van der Waals surface area contributed by atoms with E-state index in [1.165, 1.54) is 0 Å². The first-order valence-electron chi connectivity index (χ1n) is 14.0. The maximum atomic E-state index is 13.0. The second kappa shape index (κ2) is 14.4. The fourth-order valence-electron chi connectivity index (χ4n) is 5.57. The summed E-state index contributed by atoms with van der Waals surface area (Å²) in [6.45, 7) is 2.17. The number of nitrogens with one attached hydrogen (secondary N) is 2. The van der Waals surface area contributed by atoms with Crippen LogP contribution in [0.3, 0.4) is 0 Å². The average Bonchev–Trinajstić information content (AvgIpc) is 2.97. The molecule has 3 N–H and O–H groups in total. The summed E-state index contributed by atoms with van der Waals surface area (Å²) in [5.41, 5.74) is 1.57. The second-order valence-electron chi connectivity index (χ2n) is 11.0. The number of carbonyl (C=O) groups is 2. The molecule has 1 saturated heterocycles. The van der Waals surface area contributed by atoms with Gasteiger partial charge in [0, 0.05) is 18.2 Å². The molecule has 1 aliphatic carbocycles. The summed E-state index contributed by atoms with van der Waals surface area (Å²) < 4.78 is 35.4. The van der Waals surface area contributed by atoms with Crippen LogP contribution in [0.2, 0.25) is 0 Å². The van der Waals surface area contributed by atoms with Crippen molar-refractivity contribution in [2.24, 2.45) is 11.8 Å². The number of rotatable bonds is 11. The Morgan fingerprint density at radius 3 is 2.12 bits per heavy atom. The van der Waals surface area contributed by atoms with Crippen molar-refractivity contribution in [2.75, 3.05) is 24.1 Å². The van der Waals surface area contributed by atoms with E-state index in [2.05, 4.69) is 19.2 Å². The minimum atomic E-state index is -3.33. The first-order chi connectivity index (χ1) is 19.6. The molecule has 0 radical (unpaired) electrons. The summed E-state index contributed by atoms with van der Waals surface area (Å²) in [6.07, 6.45) is 6.08. The molecular formula is C29H38ClN3O7S. The van der Waals surface area contributed by atoms with Crippen molar-refractivity contribution >= 4 is 39.5 Å². The van der Waals surface area contributed by atoms with Crippen LogP contribution in [0.4, 0.5) is 5.69 Å². The summed E-state index contributed by atoms with van der Waals surface area (Å²) in [6, 6.07) is 13.2. The fraction of sp³-hybridized carbons (Fsp3) is 0.517. The number of piperidine rings is 1. The molecule has 2 fully saturated rings. The molecule has 1 amide bonds. The quantitative estimate of drug-likeness (QED) is 0.346. The largest absolute Gasteiger partial charge is 0.457 e. The number of amides is 1. The number of hydrogen-bond acceptors (Lipinski definition) is 8. The van der Waals surface area contributed by atoms with Crippen LogP contribution in [0.25, 0.3) is 0 Å². The van der Waals surface area contributed by atoms with Crippen LogP contribution >= 0.6 is 11.9 Å². The van der Waals surface area contributed by atoms with Gasteiger partial charge in [-0.2, -0.15) is 0 Å². The van der Waals surface area contributed by atoms with E-state index in [4.69, 9.17) is 16.6 Å². The number of sulfonamides is 1. The molecule has 12 heteroatoms. The van der Waals surface area contributed by atoms with Crippen LogP contribution in [-0.2, 0) is 30.4 Å². The summed E-state index contributed by atoms with van der Waals surface area (Å²) in [4.78, 5) is 27.6. The third kappa shape index (κ3) is 9.32. The smallest absolute Gasteiger partial charge is 0.349 e. The maximum absolute atomic E-state index is 13.0. The van der Waals surface area contributed by atoms with Gasteiger partial charge in [0.1, 0.15) is 23.4 Å². The van der Waals surface area contributed by atoms with Gasteiger partial charge in [-0.15, -0.1) is 0 Å². The molecule has 1 aliphatic heterocycles. The van der Waals surface area contributed by atoms with Gasteiger partial charge in [0.15, 0.2) is 6.04 Å². The van der Waals surface area contributed by atoms with E-state index in [-0.39, 0.29) is 17.7 Å². The highest BCUT2D eigenvalue weighted by atomic mass is 35.5. The molecule has 10 nitrogen and oxygen atoms in total. The monoisotopic (exact) mass is 607 g/mol. The van der Waals surface area contributed by atoms with Gasteiger partial charge in [0.2, 0.25) is 15.9 Å². The number of aliphatic hydroxyl groups is 1. The molecular weight excluding hydrogens is 570 g/mol. The van der Waals surface area contributed by atoms with Gasteiger partial charge in [-0.05, 0) is 86.7 Å². The summed E-state index contributed by atoms with van der Waals surface area (Å²) >= 11 is 5.32. The molecule has 2 aromatic rings. The van der Waals surface area contributed by atoms with Crippen molar-refractivity contribution in [1.29, 1.82) is 0 Å². The van der Waals surface area contributed by atoms with Gasteiger partial charge in [-0.1, -0.05) is 31.4 Å². The molecule has 1 heterocycles. The predicted molar refractivity (Wildman–Crippen MR) is 156 cm³/mol. The number of aliphatic hydroxyl groups excluding tert-OH is 1. The Hall–Kier alpha value is -2.86. The van der Waals surface area contributed by atoms with Crippen molar-refractivity contribution in [3.05, 3.63) is 54.1 Å². The number of likely N-dealkylation sites (tertiary alicyclic amines) is 1. The van der Waals surface area contributed by atoms with E-state index >= 15 is 0 Å². The van der Waals surface area contributed by atoms with Crippen LogP contribution in [-0.4, -0.2) is 61.8 Å². The lowest BCUT2D eigenvalue weighted by atomic mass is 9.82. The molecule has 2 aliphatic rings.